The fourth-order valence-electron chi connectivity index (χ4n) is 1.87. The van der Waals surface area contributed by atoms with Crippen molar-refractivity contribution in [1.29, 1.82) is 0 Å². The Hall–Kier alpha value is -1.91. The van der Waals surface area contributed by atoms with Crippen LogP contribution in [0.25, 0.3) is 0 Å². The molecule has 0 bridgehead atoms. The number of allylic oxidation sites excluding steroid dienone is 1. The number of hydrogen-bond acceptors (Lipinski definition) is 1. The number of aliphatic carboxylic acids is 1. The number of hydrogen-bond donors (Lipinski definition) is 1. The number of carboxylic acid groups (broad SMARTS) is 1. The van der Waals surface area contributed by atoms with Crippen LogP contribution in [0.4, 0.5) is 70.2 Å². The normalized spacial score (nSPS) is 16.4. The van der Waals surface area contributed by atoms with E-state index in [1.54, 1.807) is 0 Å². The van der Waals surface area contributed by atoms with Crippen LogP contribution in [0.3, 0.4) is 0 Å². The van der Waals surface area contributed by atoms with E-state index in [1.165, 1.54) is 0 Å². The summed E-state index contributed by atoms with van der Waals surface area (Å²) in [5.41, 5.74) is -1.94. The van der Waals surface area contributed by atoms with Gasteiger partial charge in [0, 0.05) is 18.1 Å². The molecule has 0 aromatic rings. The number of halogens is 16. The molecule has 0 aromatic heterocycles. The van der Waals surface area contributed by atoms with Gasteiger partial charge in [-0.25, -0.2) is 4.79 Å². The van der Waals surface area contributed by atoms with E-state index in [9.17, 15) is 75.0 Å². The molecule has 0 saturated carbocycles. The summed E-state index contributed by atoms with van der Waals surface area (Å²) in [6, 6.07) is 0. The summed E-state index contributed by atoms with van der Waals surface area (Å²) in [6.07, 6.45) is -4.09. The summed E-state index contributed by atoms with van der Waals surface area (Å²) < 4.78 is 214. The van der Waals surface area contributed by atoms with Gasteiger partial charge in [-0.1, -0.05) is 6.92 Å². The van der Waals surface area contributed by atoms with Crippen molar-refractivity contribution in [3.63, 3.8) is 0 Å². The van der Waals surface area contributed by atoms with Gasteiger partial charge in [0.1, 0.15) is 0 Å². The summed E-state index contributed by atoms with van der Waals surface area (Å²) in [5.74, 6) is -64.5. The standard InChI is InChI=1S/C14H10F16O2/c1-3-7(15,16)9(19,20)11(23,24)13(27,28)14(29,30)12(25,26)10(21,22)8(17,18)4-5(2)6(31)32/h4H,3H2,1-2H3,(H,31,32)/b5-4+. The van der Waals surface area contributed by atoms with Crippen LogP contribution >= 0.6 is 0 Å². The highest BCUT2D eigenvalue weighted by Gasteiger charge is 2.94. The SMILES string of the molecule is CCC(F)(F)C(F)(F)C(F)(F)C(F)(F)C(F)(F)C(F)(F)C(F)(F)C(F)(F)/C=C(\C)C(=O)O. The third kappa shape index (κ3) is 3.86. The van der Waals surface area contributed by atoms with Crippen LogP contribution in [0, 0.1) is 0 Å². The van der Waals surface area contributed by atoms with Crippen LogP contribution in [-0.4, -0.2) is 58.5 Å². The van der Waals surface area contributed by atoms with Crippen LogP contribution in [0.15, 0.2) is 11.6 Å². The van der Waals surface area contributed by atoms with Crippen molar-refractivity contribution in [1.82, 2.24) is 0 Å². The zero-order valence-electron chi connectivity index (χ0n) is 15.2. The zero-order valence-corrected chi connectivity index (χ0v) is 15.2. The van der Waals surface area contributed by atoms with E-state index in [0.29, 0.717) is 0 Å². The molecule has 190 valence electrons. The molecule has 0 unspecified atom stereocenters. The third-order valence-corrected chi connectivity index (χ3v) is 4.03. The smallest absolute Gasteiger partial charge is 0.385 e. The number of alkyl halides is 16. The molecule has 32 heavy (non-hydrogen) atoms. The van der Waals surface area contributed by atoms with Gasteiger partial charge in [-0.05, 0) is 6.92 Å². The summed E-state index contributed by atoms with van der Waals surface area (Å²) in [6.45, 7) is -0.0422. The Bertz CT molecular complexity index is 752. The second kappa shape index (κ2) is 7.85. The molecular weight excluding hydrogens is 504 g/mol. The average molecular weight is 514 g/mol. The number of carbonyl (C=O) groups is 1. The summed E-state index contributed by atoms with van der Waals surface area (Å²) in [4.78, 5) is 10.3. The monoisotopic (exact) mass is 514 g/mol. The van der Waals surface area contributed by atoms with Crippen molar-refractivity contribution in [3.8, 4) is 0 Å². The zero-order chi connectivity index (χ0) is 26.6. The molecule has 0 fully saturated rings. The molecular formula is C14H10F16O2. The maximum Gasteiger partial charge on any atom is 0.385 e. The van der Waals surface area contributed by atoms with Gasteiger partial charge in [0.05, 0.1) is 0 Å². The summed E-state index contributed by atoms with van der Waals surface area (Å²) >= 11 is 0. The Labute approximate surface area is 166 Å². The minimum absolute atomic E-state index is 0.0126. The highest BCUT2D eigenvalue weighted by atomic mass is 19.4. The first-order valence-corrected chi connectivity index (χ1v) is 7.59. The number of rotatable bonds is 10. The molecule has 0 saturated heterocycles. The highest BCUT2D eigenvalue weighted by molar-refractivity contribution is 5.86. The quantitative estimate of drug-likeness (QED) is 0.267. The fraction of sp³-hybridized carbons (Fsp3) is 0.786. The van der Waals surface area contributed by atoms with Crippen LogP contribution < -0.4 is 0 Å². The highest BCUT2D eigenvalue weighted by Crippen LogP contribution is 2.64. The Kier molecular flexibility index (Phi) is 7.38. The van der Waals surface area contributed by atoms with Crippen molar-refractivity contribution in [3.05, 3.63) is 11.6 Å². The van der Waals surface area contributed by atoms with E-state index in [4.69, 9.17) is 5.11 Å². The van der Waals surface area contributed by atoms with E-state index >= 15 is 0 Å². The van der Waals surface area contributed by atoms with Gasteiger partial charge in [0.25, 0.3) is 0 Å². The maximum absolute atomic E-state index is 13.5. The topological polar surface area (TPSA) is 37.3 Å². The molecule has 18 heteroatoms. The summed E-state index contributed by atoms with van der Waals surface area (Å²) in [7, 11) is 0. The Morgan fingerprint density at radius 3 is 1.19 bits per heavy atom. The molecule has 0 rings (SSSR count). The fourth-order valence-corrected chi connectivity index (χ4v) is 1.87. The Morgan fingerprint density at radius 1 is 0.625 bits per heavy atom. The van der Waals surface area contributed by atoms with Gasteiger partial charge >= 0.3 is 53.3 Å². The molecule has 0 aliphatic heterocycles. The molecule has 0 radical (unpaired) electrons. The van der Waals surface area contributed by atoms with Crippen molar-refractivity contribution < 1.29 is 80.1 Å². The predicted octanol–water partition coefficient (Wildman–Crippen LogP) is 6.51. The van der Waals surface area contributed by atoms with Crippen molar-refractivity contribution in [2.24, 2.45) is 0 Å². The Balaban J connectivity index is 6.87. The molecule has 2 nitrogen and oxygen atoms in total. The van der Waals surface area contributed by atoms with Gasteiger partial charge in [-0.3, -0.25) is 0 Å². The lowest BCUT2D eigenvalue weighted by molar-refractivity contribution is -0.450. The lowest BCUT2D eigenvalue weighted by Gasteiger charge is -2.43. The molecule has 0 spiro atoms. The van der Waals surface area contributed by atoms with Gasteiger partial charge in [-0.15, -0.1) is 0 Å². The van der Waals surface area contributed by atoms with Crippen LogP contribution in [-0.2, 0) is 4.79 Å². The second-order valence-corrected chi connectivity index (χ2v) is 6.26. The van der Waals surface area contributed by atoms with Crippen LogP contribution in [0.5, 0.6) is 0 Å². The molecule has 0 aliphatic rings. The minimum atomic E-state index is -8.52. The van der Waals surface area contributed by atoms with E-state index in [-0.39, 0.29) is 13.8 Å². The van der Waals surface area contributed by atoms with Crippen molar-refractivity contribution >= 4 is 5.97 Å². The summed E-state index contributed by atoms with van der Waals surface area (Å²) in [5, 5.41) is 8.24. The predicted molar refractivity (Wildman–Crippen MR) is 71.3 cm³/mol. The molecule has 0 heterocycles. The minimum Gasteiger partial charge on any atom is -0.478 e. The van der Waals surface area contributed by atoms with E-state index in [0.717, 1.165) is 0 Å². The molecule has 0 atom stereocenters. The number of carboxylic acids is 1. The van der Waals surface area contributed by atoms with Gasteiger partial charge < -0.3 is 5.11 Å². The van der Waals surface area contributed by atoms with E-state index in [1.807, 2.05) is 0 Å². The van der Waals surface area contributed by atoms with Gasteiger partial charge in [0.2, 0.25) is 0 Å². The molecule has 1 N–H and O–H groups in total. The van der Waals surface area contributed by atoms with E-state index < -0.39 is 71.4 Å². The first-order chi connectivity index (χ1) is 13.6. The maximum atomic E-state index is 13.5. The largest absolute Gasteiger partial charge is 0.478 e. The second-order valence-electron chi connectivity index (χ2n) is 6.26. The lowest BCUT2D eigenvalue weighted by atomic mass is 9.87. The first kappa shape index (κ1) is 30.1. The van der Waals surface area contributed by atoms with Gasteiger partial charge in [-0.2, -0.15) is 70.2 Å². The molecule has 0 aliphatic carbocycles. The van der Waals surface area contributed by atoms with Gasteiger partial charge in [0.15, 0.2) is 0 Å². The van der Waals surface area contributed by atoms with E-state index in [2.05, 4.69) is 0 Å². The average Bonchev–Trinajstić information content (AvgIpc) is 2.59. The first-order valence-electron chi connectivity index (χ1n) is 7.59. The molecule has 0 amide bonds. The van der Waals surface area contributed by atoms with Crippen molar-refractivity contribution in [2.45, 2.75) is 67.6 Å². The van der Waals surface area contributed by atoms with Crippen molar-refractivity contribution in [2.75, 3.05) is 0 Å². The third-order valence-electron chi connectivity index (χ3n) is 4.03. The Morgan fingerprint density at radius 2 is 0.906 bits per heavy atom. The van der Waals surface area contributed by atoms with Crippen LogP contribution in [0.2, 0.25) is 0 Å². The molecule has 0 aromatic carbocycles. The lowest BCUT2D eigenvalue weighted by Crippen LogP contribution is -2.74. The van der Waals surface area contributed by atoms with Crippen LogP contribution in [0.1, 0.15) is 20.3 Å².